The van der Waals surface area contributed by atoms with Gasteiger partial charge in [-0.25, -0.2) is 0 Å². The average molecular weight is 343 g/mol. The molecule has 0 bridgehead atoms. The normalized spacial score (nSPS) is 9.71. The highest BCUT2D eigenvalue weighted by Crippen LogP contribution is 2.11. The van der Waals surface area contributed by atoms with E-state index in [1.807, 2.05) is 31.2 Å². The van der Waals surface area contributed by atoms with Crippen LogP contribution in [-0.2, 0) is 4.79 Å². The second-order valence-electron chi connectivity index (χ2n) is 4.93. The Kier molecular flexibility index (Phi) is 6.27. The topological polar surface area (TPSA) is 79.5 Å². The number of rotatable bonds is 4. The molecule has 0 radical (unpaired) electrons. The molecule has 7 heteroatoms. The molecule has 2 aromatic rings. The van der Waals surface area contributed by atoms with Crippen molar-refractivity contribution in [1.82, 2.24) is 16.2 Å². The molecule has 2 rings (SSSR count). The largest absolute Gasteiger partial charge is 0.484 e. The number of aryl methyl sites for hydroxylation is 1. The van der Waals surface area contributed by atoms with Crippen LogP contribution >= 0.6 is 12.2 Å². The minimum Gasteiger partial charge on any atom is -0.484 e. The Labute approximate surface area is 145 Å². The highest BCUT2D eigenvalue weighted by atomic mass is 32.1. The van der Waals surface area contributed by atoms with E-state index < -0.39 is 5.91 Å². The summed E-state index contributed by atoms with van der Waals surface area (Å²) in [6.45, 7) is 1.76. The Morgan fingerprint density at radius 1 is 1.04 bits per heavy atom. The lowest BCUT2D eigenvalue weighted by Gasteiger charge is -2.11. The minimum absolute atomic E-state index is 0.00670. The van der Waals surface area contributed by atoms with Gasteiger partial charge in [0.05, 0.1) is 0 Å². The van der Waals surface area contributed by atoms with E-state index in [1.54, 1.807) is 30.3 Å². The molecular weight excluding hydrogens is 326 g/mol. The highest BCUT2D eigenvalue weighted by molar-refractivity contribution is 7.80. The summed E-state index contributed by atoms with van der Waals surface area (Å²) in [4.78, 5) is 23.6. The molecule has 0 aliphatic carbocycles. The molecule has 0 aliphatic rings. The molecule has 0 aliphatic heterocycles. The Morgan fingerprint density at radius 2 is 1.79 bits per heavy atom. The average Bonchev–Trinajstić information content (AvgIpc) is 2.59. The predicted molar refractivity (Wildman–Crippen MR) is 94.5 cm³/mol. The van der Waals surface area contributed by atoms with Gasteiger partial charge in [0.15, 0.2) is 11.7 Å². The SMILES string of the molecule is Cc1cccc(OCC(=O)NNC(=S)NC(=O)c2ccccc2)c1. The minimum atomic E-state index is -0.423. The van der Waals surface area contributed by atoms with Gasteiger partial charge in [0.2, 0.25) is 0 Å². The summed E-state index contributed by atoms with van der Waals surface area (Å²) in [5.74, 6) is -0.184. The lowest BCUT2D eigenvalue weighted by atomic mass is 10.2. The van der Waals surface area contributed by atoms with E-state index >= 15 is 0 Å². The number of carbonyl (C=O) groups is 2. The van der Waals surface area contributed by atoms with Crippen LogP contribution < -0.4 is 20.9 Å². The molecule has 0 aromatic heterocycles. The van der Waals surface area contributed by atoms with Gasteiger partial charge in [-0.1, -0.05) is 30.3 Å². The molecule has 2 aromatic carbocycles. The molecule has 0 saturated heterocycles. The third kappa shape index (κ3) is 5.69. The van der Waals surface area contributed by atoms with E-state index in [1.165, 1.54) is 0 Å². The number of thiocarbonyl (C=S) groups is 1. The van der Waals surface area contributed by atoms with E-state index in [2.05, 4.69) is 16.2 Å². The van der Waals surface area contributed by atoms with E-state index in [0.29, 0.717) is 11.3 Å². The molecule has 2 amide bonds. The maximum absolute atomic E-state index is 11.9. The molecule has 24 heavy (non-hydrogen) atoms. The Hall–Kier alpha value is -2.93. The summed E-state index contributed by atoms with van der Waals surface area (Å²) < 4.78 is 5.35. The zero-order valence-electron chi connectivity index (χ0n) is 13.0. The maximum atomic E-state index is 11.9. The van der Waals surface area contributed by atoms with Crippen molar-refractivity contribution < 1.29 is 14.3 Å². The van der Waals surface area contributed by atoms with Crippen LogP contribution in [0, 0.1) is 6.92 Å². The fourth-order valence-corrected chi connectivity index (χ4v) is 1.96. The third-order valence-electron chi connectivity index (χ3n) is 2.94. The summed E-state index contributed by atoms with van der Waals surface area (Å²) in [6.07, 6.45) is 0. The predicted octanol–water partition coefficient (Wildman–Crippen LogP) is 1.71. The van der Waals surface area contributed by atoms with Gasteiger partial charge in [-0.05, 0) is 49.0 Å². The molecule has 0 heterocycles. The van der Waals surface area contributed by atoms with Gasteiger partial charge in [0.1, 0.15) is 5.75 Å². The molecule has 0 spiro atoms. The molecule has 0 fully saturated rings. The number of hydrogen-bond donors (Lipinski definition) is 3. The molecule has 0 atom stereocenters. The number of carbonyl (C=O) groups excluding carboxylic acids is 2. The highest BCUT2D eigenvalue weighted by Gasteiger charge is 2.08. The first-order valence-electron chi connectivity index (χ1n) is 7.19. The number of nitrogens with one attached hydrogen (secondary N) is 3. The van der Waals surface area contributed by atoms with E-state index in [0.717, 1.165) is 5.56 Å². The van der Waals surface area contributed by atoms with Gasteiger partial charge in [-0.3, -0.25) is 25.8 Å². The quantitative estimate of drug-likeness (QED) is 0.582. The van der Waals surface area contributed by atoms with Crippen LogP contribution in [0.15, 0.2) is 54.6 Å². The Bertz CT molecular complexity index is 735. The Balaban J connectivity index is 1.71. The summed E-state index contributed by atoms with van der Waals surface area (Å²) >= 11 is 4.94. The van der Waals surface area contributed by atoms with Gasteiger partial charge >= 0.3 is 0 Å². The van der Waals surface area contributed by atoms with Crippen LogP contribution in [0.3, 0.4) is 0 Å². The molecule has 0 saturated carbocycles. The van der Waals surface area contributed by atoms with E-state index in [-0.39, 0.29) is 17.6 Å². The molecule has 0 unspecified atom stereocenters. The first-order chi connectivity index (χ1) is 11.5. The van der Waals surface area contributed by atoms with Crippen LogP contribution in [-0.4, -0.2) is 23.5 Å². The zero-order valence-corrected chi connectivity index (χ0v) is 13.9. The van der Waals surface area contributed by atoms with Crippen molar-refractivity contribution in [2.24, 2.45) is 0 Å². The lowest BCUT2D eigenvalue weighted by molar-refractivity contribution is -0.123. The summed E-state index contributed by atoms with van der Waals surface area (Å²) in [6, 6.07) is 16.0. The van der Waals surface area contributed by atoms with Gasteiger partial charge < -0.3 is 4.74 Å². The number of benzene rings is 2. The fraction of sp³-hybridized carbons (Fsp3) is 0.118. The second-order valence-corrected chi connectivity index (χ2v) is 5.34. The van der Waals surface area contributed by atoms with Crippen molar-refractivity contribution in [2.75, 3.05) is 6.61 Å². The van der Waals surface area contributed by atoms with Gasteiger partial charge in [0, 0.05) is 5.56 Å². The third-order valence-corrected chi connectivity index (χ3v) is 3.14. The van der Waals surface area contributed by atoms with Crippen LogP contribution in [0.2, 0.25) is 0 Å². The standard InChI is InChI=1S/C17H17N3O3S/c1-12-6-5-9-14(10-12)23-11-15(21)19-20-17(24)18-16(22)13-7-3-2-4-8-13/h2-10H,11H2,1H3,(H,19,21)(H2,18,20,22,24). The van der Waals surface area contributed by atoms with Gasteiger partial charge in [0.25, 0.3) is 11.8 Å². The molecular formula is C17H17N3O3S. The van der Waals surface area contributed by atoms with Crippen molar-refractivity contribution in [2.45, 2.75) is 6.92 Å². The number of hydrogen-bond acceptors (Lipinski definition) is 4. The van der Waals surface area contributed by atoms with Crippen molar-refractivity contribution >= 4 is 29.1 Å². The number of hydrazine groups is 1. The molecule has 6 nitrogen and oxygen atoms in total. The summed E-state index contributed by atoms with van der Waals surface area (Å²) in [7, 11) is 0. The number of amides is 2. The fourth-order valence-electron chi connectivity index (χ4n) is 1.81. The Morgan fingerprint density at radius 3 is 2.50 bits per heavy atom. The smallest absolute Gasteiger partial charge is 0.276 e. The van der Waals surface area contributed by atoms with Crippen LogP contribution in [0.4, 0.5) is 0 Å². The van der Waals surface area contributed by atoms with Gasteiger partial charge in [-0.15, -0.1) is 0 Å². The first-order valence-corrected chi connectivity index (χ1v) is 7.60. The van der Waals surface area contributed by atoms with Gasteiger partial charge in [-0.2, -0.15) is 0 Å². The van der Waals surface area contributed by atoms with Crippen molar-refractivity contribution in [3.63, 3.8) is 0 Å². The number of ether oxygens (including phenoxy) is 1. The summed E-state index contributed by atoms with van der Waals surface area (Å²) in [5.41, 5.74) is 6.31. The molecule has 3 N–H and O–H groups in total. The zero-order chi connectivity index (χ0) is 17.4. The summed E-state index contributed by atoms with van der Waals surface area (Å²) in [5, 5.41) is 2.45. The molecule has 124 valence electrons. The van der Waals surface area contributed by atoms with Crippen LogP contribution in [0.1, 0.15) is 15.9 Å². The maximum Gasteiger partial charge on any atom is 0.276 e. The lowest BCUT2D eigenvalue weighted by Crippen LogP contribution is -2.49. The van der Waals surface area contributed by atoms with Crippen molar-refractivity contribution in [1.29, 1.82) is 0 Å². The van der Waals surface area contributed by atoms with Crippen LogP contribution in [0.25, 0.3) is 0 Å². The van der Waals surface area contributed by atoms with Crippen molar-refractivity contribution in [3.05, 3.63) is 65.7 Å². The van der Waals surface area contributed by atoms with E-state index in [9.17, 15) is 9.59 Å². The van der Waals surface area contributed by atoms with E-state index in [4.69, 9.17) is 17.0 Å². The van der Waals surface area contributed by atoms with Crippen molar-refractivity contribution in [3.8, 4) is 5.75 Å². The van der Waals surface area contributed by atoms with Crippen LogP contribution in [0.5, 0.6) is 5.75 Å². The monoisotopic (exact) mass is 343 g/mol. The first kappa shape index (κ1) is 17.4. The second kappa shape index (κ2) is 8.64.